The van der Waals surface area contributed by atoms with Crippen LogP contribution >= 0.6 is 0 Å². The Morgan fingerprint density at radius 1 is 1.32 bits per heavy atom. The molecule has 1 heterocycles. The van der Waals surface area contributed by atoms with Gasteiger partial charge in [0.05, 0.1) is 25.0 Å². The summed E-state index contributed by atoms with van der Waals surface area (Å²) < 4.78 is 18.5. The molecule has 0 bridgehead atoms. The average molecular weight is 309 g/mol. The van der Waals surface area contributed by atoms with E-state index in [2.05, 4.69) is 5.32 Å². The Morgan fingerprint density at radius 2 is 2.05 bits per heavy atom. The van der Waals surface area contributed by atoms with E-state index >= 15 is 0 Å². The van der Waals surface area contributed by atoms with E-state index in [0.29, 0.717) is 12.2 Å². The van der Waals surface area contributed by atoms with Crippen LogP contribution in [0.1, 0.15) is 43.7 Å². The van der Waals surface area contributed by atoms with Crippen molar-refractivity contribution in [1.82, 2.24) is 5.32 Å². The molecule has 1 aromatic rings. The molecule has 2 rings (SSSR count). The van der Waals surface area contributed by atoms with Crippen molar-refractivity contribution in [3.8, 4) is 0 Å². The lowest BCUT2D eigenvalue weighted by molar-refractivity contribution is -0.137. The number of carboxylic acid groups (broad SMARTS) is 1. The minimum atomic E-state index is -1.02. The van der Waals surface area contributed by atoms with Crippen molar-refractivity contribution in [3.63, 3.8) is 0 Å². The first-order valence-corrected chi connectivity index (χ1v) is 7.43. The molecule has 5 nitrogen and oxygen atoms in total. The number of hydrogen-bond acceptors (Lipinski definition) is 3. The van der Waals surface area contributed by atoms with Gasteiger partial charge in [-0.05, 0) is 37.0 Å². The Bertz CT molecular complexity index is 511. The van der Waals surface area contributed by atoms with E-state index in [4.69, 9.17) is 9.84 Å². The van der Waals surface area contributed by atoms with Crippen LogP contribution in [0, 0.1) is 5.82 Å². The number of carbonyl (C=O) groups excluding carboxylic acids is 1. The second-order valence-corrected chi connectivity index (χ2v) is 5.46. The van der Waals surface area contributed by atoms with Gasteiger partial charge in [-0.25, -0.2) is 4.39 Å². The molecule has 0 aromatic heterocycles. The third-order valence-electron chi connectivity index (χ3n) is 3.67. The van der Waals surface area contributed by atoms with E-state index in [1.54, 1.807) is 0 Å². The summed E-state index contributed by atoms with van der Waals surface area (Å²) in [6.45, 7) is 0.661. The van der Waals surface area contributed by atoms with Gasteiger partial charge < -0.3 is 15.2 Å². The zero-order valence-electron chi connectivity index (χ0n) is 12.3. The zero-order chi connectivity index (χ0) is 15.9. The maximum atomic E-state index is 13.0. The van der Waals surface area contributed by atoms with Crippen LogP contribution in [0.3, 0.4) is 0 Å². The van der Waals surface area contributed by atoms with Crippen molar-refractivity contribution in [2.75, 3.05) is 6.61 Å². The summed E-state index contributed by atoms with van der Waals surface area (Å²) in [5, 5.41) is 11.7. The number of ether oxygens (including phenoxy) is 1. The average Bonchev–Trinajstić information content (AvgIpc) is 2.48. The van der Waals surface area contributed by atoms with Crippen LogP contribution < -0.4 is 5.32 Å². The van der Waals surface area contributed by atoms with Gasteiger partial charge in [0, 0.05) is 6.61 Å². The number of halogens is 1. The summed E-state index contributed by atoms with van der Waals surface area (Å²) >= 11 is 0. The summed E-state index contributed by atoms with van der Waals surface area (Å²) in [5.74, 6) is -1.68. The van der Waals surface area contributed by atoms with E-state index in [-0.39, 0.29) is 24.9 Å². The zero-order valence-corrected chi connectivity index (χ0v) is 12.3. The van der Waals surface area contributed by atoms with Crippen LogP contribution in [0.15, 0.2) is 24.3 Å². The third kappa shape index (κ3) is 5.11. The molecule has 1 aliphatic rings. The minimum absolute atomic E-state index is 0.104. The molecular formula is C16H20FNO4. The van der Waals surface area contributed by atoms with Crippen LogP contribution in [-0.4, -0.2) is 29.7 Å². The second-order valence-electron chi connectivity index (χ2n) is 5.46. The Kier molecular flexibility index (Phi) is 5.89. The monoisotopic (exact) mass is 309 g/mol. The van der Waals surface area contributed by atoms with Gasteiger partial charge in [0.25, 0.3) is 0 Å². The van der Waals surface area contributed by atoms with Crippen molar-refractivity contribution in [3.05, 3.63) is 35.6 Å². The molecule has 2 N–H and O–H groups in total. The molecule has 0 spiro atoms. The molecule has 1 aromatic carbocycles. The molecule has 1 amide bonds. The number of carbonyl (C=O) groups is 2. The lowest BCUT2D eigenvalue weighted by atomic mass is 10.0. The summed E-state index contributed by atoms with van der Waals surface area (Å²) in [6, 6.07) is 4.80. The van der Waals surface area contributed by atoms with Crippen molar-refractivity contribution in [2.24, 2.45) is 0 Å². The van der Waals surface area contributed by atoms with E-state index in [9.17, 15) is 14.0 Å². The van der Waals surface area contributed by atoms with E-state index in [1.807, 2.05) is 0 Å². The minimum Gasteiger partial charge on any atom is -0.481 e. The Morgan fingerprint density at radius 3 is 2.64 bits per heavy atom. The Hall–Kier alpha value is -1.95. The molecular weight excluding hydrogens is 289 g/mol. The molecule has 0 saturated carbocycles. The van der Waals surface area contributed by atoms with Gasteiger partial charge in [0.2, 0.25) is 5.91 Å². The highest BCUT2D eigenvalue weighted by Crippen LogP contribution is 2.20. The molecule has 0 aliphatic carbocycles. The smallest absolute Gasteiger partial charge is 0.305 e. The van der Waals surface area contributed by atoms with Crippen molar-refractivity contribution < 1.29 is 23.8 Å². The van der Waals surface area contributed by atoms with Gasteiger partial charge in [-0.1, -0.05) is 12.1 Å². The molecule has 0 radical (unpaired) electrons. The van der Waals surface area contributed by atoms with Crippen molar-refractivity contribution >= 4 is 11.9 Å². The fourth-order valence-electron chi connectivity index (χ4n) is 2.55. The van der Waals surface area contributed by atoms with Gasteiger partial charge >= 0.3 is 5.97 Å². The standard InChI is InChI=1S/C16H20FNO4/c17-12-6-4-11(5-7-12)14(10-16(20)21)18-15(19)9-13-3-1-2-8-22-13/h4-7,13-14H,1-3,8-10H2,(H,18,19)(H,20,21). The van der Waals surface area contributed by atoms with Gasteiger partial charge in [0.15, 0.2) is 0 Å². The van der Waals surface area contributed by atoms with E-state index < -0.39 is 17.8 Å². The molecule has 1 fully saturated rings. The molecule has 1 saturated heterocycles. The predicted molar refractivity (Wildman–Crippen MR) is 77.7 cm³/mol. The fourth-order valence-corrected chi connectivity index (χ4v) is 2.55. The maximum absolute atomic E-state index is 13.0. The maximum Gasteiger partial charge on any atom is 0.305 e. The first-order valence-electron chi connectivity index (χ1n) is 7.43. The number of rotatable bonds is 6. The van der Waals surface area contributed by atoms with E-state index in [1.165, 1.54) is 24.3 Å². The summed E-state index contributed by atoms with van der Waals surface area (Å²) in [7, 11) is 0. The number of carboxylic acids is 1. The molecule has 2 atom stereocenters. The predicted octanol–water partition coefficient (Wildman–Crippen LogP) is 2.42. The Labute approximate surface area is 128 Å². The number of amides is 1. The molecule has 22 heavy (non-hydrogen) atoms. The van der Waals surface area contributed by atoms with Crippen LogP contribution in [0.5, 0.6) is 0 Å². The second kappa shape index (κ2) is 7.89. The molecule has 1 aliphatic heterocycles. The molecule has 2 unspecified atom stereocenters. The van der Waals surface area contributed by atoms with Crippen molar-refractivity contribution in [2.45, 2.75) is 44.2 Å². The largest absolute Gasteiger partial charge is 0.481 e. The van der Waals surface area contributed by atoms with Gasteiger partial charge in [-0.2, -0.15) is 0 Å². The fraction of sp³-hybridized carbons (Fsp3) is 0.500. The van der Waals surface area contributed by atoms with Crippen LogP contribution in [0.4, 0.5) is 4.39 Å². The third-order valence-corrected chi connectivity index (χ3v) is 3.67. The van der Waals surface area contributed by atoms with E-state index in [0.717, 1.165) is 19.3 Å². The van der Waals surface area contributed by atoms with Gasteiger partial charge in [-0.15, -0.1) is 0 Å². The molecule has 6 heteroatoms. The highest BCUT2D eigenvalue weighted by atomic mass is 19.1. The first kappa shape index (κ1) is 16.4. The number of hydrogen-bond donors (Lipinski definition) is 2. The highest BCUT2D eigenvalue weighted by molar-refractivity contribution is 5.78. The Balaban J connectivity index is 1.97. The summed E-state index contributed by atoms with van der Waals surface area (Å²) in [5.41, 5.74) is 0.571. The van der Waals surface area contributed by atoms with Gasteiger partial charge in [0.1, 0.15) is 5.82 Å². The summed E-state index contributed by atoms with van der Waals surface area (Å²) in [6.07, 6.45) is 2.75. The van der Waals surface area contributed by atoms with Crippen LogP contribution in [0.25, 0.3) is 0 Å². The SMILES string of the molecule is O=C(O)CC(NC(=O)CC1CCCCO1)c1ccc(F)cc1. The molecule has 120 valence electrons. The number of benzene rings is 1. The van der Waals surface area contributed by atoms with Gasteiger partial charge in [-0.3, -0.25) is 9.59 Å². The normalized spacial score (nSPS) is 19.4. The quantitative estimate of drug-likeness (QED) is 0.846. The lowest BCUT2D eigenvalue weighted by Gasteiger charge is -2.23. The topological polar surface area (TPSA) is 75.6 Å². The highest BCUT2D eigenvalue weighted by Gasteiger charge is 2.22. The van der Waals surface area contributed by atoms with Crippen molar-refractivity contribution in [1.29, 1.82) is 0 Å². The number of aliphatic carboxylic acids is 1. The van der Waals surface area contributed by atoms with Crippen LogP contribution in [-0.2, 0) is 14.3 Å². The first-order chi connectivity index (χ1) is 10.5. The summed E-state index contributed by atoms with van der Waals surface area (Å²) in [4.78, 5) is 23.1. The number of nitrogens with one attached hydrogen (secondary N) is 1. The van der Waals surface area contributed by atoms with Crippen LogP contribution in [0.2, 0.25) is 0 Å². The lowest BCUT2D eigenvalue weighted by Crippen LogP contribution is -2.34.